The van der Waals surface area contributed by atoms with E-state index in [1.54, 1.807) is 19.9 Å². The zero-order chi connectivity index (χ0) is 18.9. The summed E-state index contributed by atoms with van der Waals surface area (Å²) in [5, 5.41) is 0.0979. The zero-order valence-corrected chi connectivity index (χ0v) is 14.9. The van der Waals surface area contributed by atoms with E-state index in [1.807, 2.05) is 0 Å². The van der Waals surface area contributed by atoms with E-state index in [0.717, 1.165) is 17.4 Å². The predicted molar refractivity (Wildman–Crippen MR) is 91.9 cm³/mol. The van der Waals surface area contributed by atoms with Gasteiger partial charge in [0.15, 0.2) is 5.75 Å². The SMILES string of the molecule is C=C(/C=c1/nc2c(OC)c(OC)c(=O)c(C)c-2s/c1=C/C)C(F)(F)F. The van der Waals surface area contributed by atoms with Gasteiger partial charge in [0.1, 0.15) is 5.69 Å². The predicted octanol–water partition coefficient (Wildman–Crippen LogP) is 2.63. The van der Waals surface area contributed by atoms with Gasteiger partial charge in [-0.05, 0) is 19.9 Å². The van der Waals surface area contributed by atoms with Gasteiger partial charge in [0, 0.05) is 10.1 Å². The van der Waals surface area contributed by atoms with Gasteiger partial charge in [-0.15, -0.1) is 11.3 Å². The van der Waals surface area contributed by atoms with E-state index in [9.17, 15) is 18.0 Å². The molecule has 0 amide bonds. The van der Waals surface area contributed by atoms with Crippen LogP contribution in [0.25, 0.3) is 22.7 Å². The van der Waals surface area contributed by atoms with E-state index in [2.05, 4.69) is 11.6 Å². The summed E-state index contributed by atoms with van der Waals surface area (Å²) >= 11 is 1.16. The van der Waals surface area contributed by atoms with Crippen molar-refractivity contribution < 1.29 is 22.6 Å². The van der Waals surface area contributed by atoms with Gasteiger partial charge >= 0.3 is 6.18 Å². The normalized spacial score (nSPS) is 13.4. The minimum atomic E-state index is -4.55. The van der Waals surface area contributed by atoms with E-state index >= 15 is 0 Å². The molecule has 0 aromatic rings. The standard InChI is InChI=1S/C17H16F3NO3S/c1-6-11-10(7-8(2)17(18,19)20)21-12-14(23-4)15(24-5)13(22)9(3)16(12)25-11/h6-7H,2H2,1,3-5H3/b10-7+,11-6+. The molecule has 2 rings (SSSR count). The van der Waals surface area contributed by atoms with Crippen LogP contribution in [-0.4, -0.2) is 25.4 Å². The number of rotatable bonds is 3. The molecule has 1 aliphatic heterocycles. The highest BCUT2D eigenvalue weighted by atomic mass is 32.1. The largest absolute Gasteiger partial charge is 0.491 e. The first-order valence-corrected chi connectivity index (χ1v) is 7.96. The number of hydrogen-bond acceptors (Lipinski definition) is 5. The number of halogens is 3. The lowest BCUT2D eigenvalue weighted by Gasteiger charge is -2.15. The van der Waals surface area contributed by atoms with Gasteiger partial charge in [-0.3, -0.25) is 4.79 Å². The van der Waals surface area contributed by atoms with Crippen molar-refractivity contribution in [3.63, 3.8) is 0 Å². The Labute approximate surface area is 145 Å². The fourth-order valence-corrected chi connectivity index (χ4v) is 3.29. The number of methoxy groups -OCH3 is 2. The van der Waals surface area contributed by atoms with Crippen LogP contribution in [0, 0.1) is 6.92 Å². The van der Waals surface area contributed by atoms with Crippen LogP contribution in [0.1, 0.15) is 12.5 Å². The van der Waals surface area contributed by atoms with Gasteiger partial charge in [-0.25, -0.2) is 4.98 Å². The van der Waals surface area contributed by atoms with Gasteiger partial charge in [0.05, 0.1) is 30.0 Å². The Morgan fingerprint density at radius 2 is 1.84 bits per heavy atom. The summed E-state index contributed by atoms with van der Waals surface area (Å²) in [6.07, 6.45) is -2.05. The van der Waals surface area contributed by atoms with E-state index in [-0.39, 0.29) is 28.0 Å². The Morgan fingerprint density at radius 1 is 1.24 bits per heavy atom. The van der Waals surface area contributed by atoms with Gasteiger partial charge in [-0.1, -0.05) is 12.7 Å². The van der Waals surface area contributed by atoms with Crippen LogP contribution in [0.2, 0.25) is 0 Å². The molecule has 0 radical (unpaired) electrons. The number of fused-ring (bicyclic) bond motifs is 1. The summed E-state index contributed by atoms with van der Waals surface area (Å²) in [6, 6.07) is 0. The number of hydrogen-bond donors (Lipinski definition) is 0. The summed E-state index contributed by atoms with van der Waals surface area (Å²) in [5.41, 5.74) is -0.691. The first-order chi connectivity index (χ1) is 11.6. The Bertz CT molecular complexity index is 977. The average molecular weight is 371 g/mol. The molecule has 0 atom stereocenters. The second kappa shape index (κ2) is 6.87. The lowest BCUT2D eigenvalue weighted by molar-refractivity contribution is -0.0862. The van der Waals surface area contributed by atoms with Gasteiger partial charge in [0.2, 0.25) is 11.2 Å². The van der Waals surface area contributed by atoms with Crippen LogP contribution in [0.3, 0.4) is 0 Å². The summed E-state index contributed by atoms with van der Waals surface area (Å²) in [7, 11) is 2.66. The number of benzene rings is 1. The molecule has 0 bridgehead atoms. The summed E-state index contributed by atoms with van der Waals surface area (Å²) in [6.45, 7) is 6.34. The summed E-state index contributed by atoms with van der Waals surface area (Å²) in [5.74, 6) is 0.0697. The Kier molecular flexibility index (Phi) is 5.22. The monoisotopic (exact) mass is 371 g/mol. The second-order valence-electron chi connectivity index (χ2n) is 5.12. The Morgan fingerprint density at radius 3 is 2.32 bits per heavy atom. The molecule has 8 heteroatoms. The molecule has 4 nitrogen and oxygen atoms in total. The molecule has 0 aromatic carbocycles. The zero-order valence-electron chi connectivity index (χ0n) is 14.1. The molecule has 0 fully saturated rings. The number of nitrogens with zero attached hydrogens (tertiary/aromatic N) is 1. The molecular weight excluding hydrogens is 355 g/mol. The van der Waals surface area contributed by atoms with Crippen LogP contribution in [-0.2, 0) is 0 Å². The number of ether oxygens (including phenoxy) is 2. The highest BCUT2D eigenvalue weighted by Gasteiger charge is 2.30. The maximum atomic E-state index is 12.8. The molecule has 0 spiro atoms. The van der Waals surface area contributed by atoms with Crippen molar-refractivity contribution in [2.45, 2.75) is 20.0 Å². The minimum Gasteiger partial charge on any atom is -0.491 e. The molecule has 0 saturated carbocycles. The Balaban J connectivity index is 3.00. The highest BCUT2D eigenvalue weighted by Crippen LogP contribution is 2.37. The molecule has 2 aliphatic rings. The number of alkyl halides is 3. The van der Waals surface area contributed by atoms with Crippen molar-refractivity contribution in [3.05, 3.63) is 37.8 Å². The van der Waals surface area contributed by atoms with Gasteiger partial charge in [0.25, 0.3) is 0 Å². The molecule has 0 saturated heterocycles. The van der Waals surface area contributed by atoms with E-state index in [1.165, 1.54) is 14.2 Å². The van der Waals surface area contributed by atoms with Gasteiger partial charge < -0.3 is 9.47 Å². The third kappa shape index (κ3) is 3.39. The van der Waals surface area contributed by atoms with Crippen molar-refractivity contribution in [3.8, 4) is 22.1 Å². The second-order valence-corrected chi connectivity index (χ2v) is 6.17. The maximum Gasteiger partial charge on any atom is 0.415 e. The van der Waals surface area contributed by atoms with Crippen LogP contribution in [0.15, 0.2) is 16.9 Å². The molecule has 1 aliphatic carbocycles. The fourth-order valence-electron chi connectivity index (χ4n) is 2.26. The van der Waals surface area contributed by atoms with Crippen LogP contribution in [0.4, 0.5) is 13.2 Å². The van der Waals surface area contributed by atoms with E-state index in [4.69, 9.17) is 9.47 Å². The fraction of sp³-hybridized carbons (Fsp3) is 0.294. The highest BCUT2D eigenvalue weighted by molar-refractivity contribution is 7.13. The summed E-state index contributed by atoms with van der Waals surface area (Å²) in [4.78, 5) is 17.2. The first kappa shape index (κ1) is 19.0. The molecule has 25 heavy (non-hydrogen) atoms. The van der Waals surface area contributed by atoms with Crippen LogP contribution in [0.5, 0.6) is 11.5 Å². The van der Waals surface area contributed by atoms with Crippen LogP contribution < -0.4 is 24.8 Å². The lowest BCUT2D eigenvalue weighted by atomic mass is 10.1. The quantitative estimate of drug-likeness (QED) is 0.832. The Hall–Kier alpha value is -2.35. The molecule has 134 valence electrons. The lowest BCUT2D eigenvalue weighted by Crippen LogP contribution is -2.29. The number of aromatic nitrogens is 1. The topological polar surface area (TPSA) is 48.4 Å². The van der Waals surface area contributed by atoms with Crippen molar-refractivity contribution in [2.24, 2.45) is 0 Å². The molecule has 0 unspecified atom stereocenters. The average Bonchev–Trinajstić information content (AvgIpc) is 2.56. The minimum absolute atomic E-state index is 0.0268. The smallest absolute Gasteiger partial charge is 0.415 e. The molecular formula is C17H16F3NO3S. The molecule has 0 aromatic heterocycles. The van der Waals surface area contributed by atoms with Crippen molar-refractivity contribution in [1.29, 1.82) is 0 Å². The first-order valence-electron chi connectivity index (χ1n) is 7.15. The molecule has 0 N–H and O–H groups in total. The third-order valence-corrected chi connectivity index (χ3v) is 4.93. The van der Waals surface area contributed by atoms with Crippen LogP contribution >= 0.6 is 11.3 Å². The van der Waals surface area contributed by atoms with Crippen molar-refractivity contribution >= 4 is 23.5 Å². The van der Waals surface area contributed by atoms with Gasteiger partial charge in [-0.2, -0.15) is 13.2 Å². The number of allylic oxidation sites excluding steroid dienone is 1. The maximum absolute atomic E-state index is 12.8. The van der Waals surface area contributed by atoms with Crippen molar-refractivity contribution in [1.82, 2.24) is 4.98 Å². The van der Waals surface area contributed by atoms with E-state index < -0.39 is 11.7 Å². The van der Waals surface area contributed by atoms with Crippen molar-refractivity contribution in [2.75, 3.05) is 14.2 Å². The third-order valence-electron chi connectivity index (χ3n) is 3.57. The van der Waals surface area contributed by atoms with E-state index in [0.29, 0.717) is 15.0 Å². The summed E-state index contributed by atoms with van der Waals surface area (Å²) < 4.78 is 49.3. The molecule has 1 heterocycles.